The topological polar surface area (TPSA) is 38.3 Å². The van der Waals surface area contributed by atoms with E-state index in [-0.39, 0.29) is 5.91 Å². The Bertz CT molecular complexity index is 310. The van der Waals surface area contributed by atoms with Gasteiger partial charge in [0.1, 0.15) is 5.38 Å². The first-order valence-electron chi connectivity index (χ1n) is 4.18. The lowest BCUT2D eigenvalue weighted by molar-refractivity contribution is -0.131. The maximum Gasteiger partial charge on any atom is 0.266 e. The molecule has 0 aliphatic heterocycles. The summed E-state index contributed by atoms with van der Waals surface area (Å²) in [4.78, 5) is 15.7. The van der Waals surface area contributed by atoms with Gasteiger partial charge in [-0.1, -0.05) is 29.8 Å². The second kappa shape index (κ2) is 4.98. The third-order valence-corrected chi connectivity index (χ3v) is 2.25. The van der Waals surface area contributed by atoms with Gasteiger partial charge >= 0.3 is 0 Å². The van der Waals surface area contributed by atoms with Gasteiger partial charge in [-0.15, -0.1) is 11.6 Å². The minimum Gasteiger partial charge on any atom is -0.277 e. The Kier molecular flexibility index (Phi) is 3.92. The second-order valence-corrected chi connectivity index (χ2v) is 3.38. The Hall–Kier alpha value is -1.06. The van der Waals surface area contributed by atoms with E-state index in [0.717, 1.165) is 11.1 Å². The molecule has 0 aromatic heterocycles. The largest absolute Gasteiger partial charge is 0.277 e. The number of hydrogen-bond acceptors (Lipinski definition) is 2. The van der Waals surface area contributed by atoms with Crippen LogP contribution in [-0.4, -0.2) is 13.0 Å². The van der Waals surface area contributed by atoms with Crippen molar-refractivity contribution < 1.29 is 9.63 Å². The molecule has 1 unspecified atom stereocenters. The first-order valence-corrected chi connectivity index (χ1v) is 4.62. The van der Waals surface area contributed by atoms with E-state index in [1.54, 1.807) is 0 Å². The SMILES string of the molecule is CONC(=O)C(Cl)c1ccc(C)cc1. The Morgan fingerprint density at radius 1 is 1.43 bits per heavy atom. The molecular formula is C10H12ClNO2. The smallest absolute Gasteiger partial charge is 0.266 e. The number of halogens is 1. The van der Waals surface area contributed by atoms with Crippen LogP contribution in [0.3, 0.4) is 0 Å². The number of benzene rings is 1. The summed E-state index contributed by atoms with van der Waals surface area (Å²) in [6.07, 6.45) is 0. The van der Waals surface area contributed by atoms with Crippen molar-refractivity contribution in [1.82, 2.24) is 5.48 Å². The molecular weight excluding hydrogens is 202 g/mol. The van der Waals surface area contributed by atoms with E-state index in [4.69, 9.17) is 11.6 Å². The molecule has 0 bridgehead atoms. The average Bonchev–Trinajstić information content (AvgIpc) is 2.18. The van der Waals surface area contributed by atoms with Crippen LogP contribution in [0.15, 0.2) is 24.3 Å². The summed E-state index contributed by atoms with van der Waals surface area (Å²) in [5.74, 6) is -0.363. The monoisotopic (exact) mass is 213 g/mol. The number of hydrogen-bond donors (Lipinski definition) is 1. The van der Waals surface area contributed by atoms with Crippen LogP contribution in [0.2, 0.25) is 0 Å². The summed E-state index contributed by atoms with van der Waals surface area (Å²) in [6, 6.07) is 7.46. The summed E-state index contributed by atoms with van der Waals surface area (Å²) >= 11 is 5.90. The Labute approximate surface area is 88.0 Å². The zero-order chi connectivity index (χ0) is 10.6. The molecule has 1 aromatic carbocycles. The molecule has 1 N–H and O–H groups in total. The number of aryl methyl sites for hydroxylation is 1. The van der Waals surface area contributed by atoms with Gasteiger partial charge in [-0.3, -0.25) is 9.63 Å². The molecule has 76 valence electrons. The highest BCUT2D eigenvalue weighted by atomic mass is 35.5. The van der Waals surface area contributed by atoms with Crippen LogP contribution in [0.1, 0.15) is 16.5 Å². The van der Waals surface area contributed by atoms with Crippen molar-refractivity contribution in [2.24, 2.45) is 0 Å². The second-order valence-electron chi connectivity index (χ2n) is 2.94. The average molecular weight is 214 g/mol. The van der Waals surface area contributed by atoms with Crippen LogP contribution in [0.5, 0.6) is 0 Å². The third kappa shape index (κ3) is 2.72. The molecule has 0 fully saturated rings. The van der Waals surface area contributed by atoms with E-state index in [2.05, 4.69) is 10.3 Å². The van der Waals surface area contributed by atoms with Gasteiger partial charge in [0.2, 0.25) is 0 Å². The van der Waals surface area contributed by atoms with Gasteiger partial charge in [0.15, 0.2) is 0 Å². The van der Waals surface area contributed by atoms with Crippen LogP contribution in [0.25, 0.3) is 0 Å². The Balaban J connectivity index is 2.73. The quantitative estimate of drug-likeness (QED) is 0.616. The van der Waals surface area contributed by atoms with E-state index in [1.165, 1.54) is 7.11 Å². The van der Waals surface area contributed by atoms with Crippen molar-refractivity contribution in [1.29, 1.82) is 0 Å². The fourth-order valence-electron chi connectivity index (χ4n) is 1.04. The number of nitrogens with one attached hydrogen (secondary N) is 1. The fourth-order valence-corrected chi connectivity index (χ4v) is 1.23. The number of rotatable bonds is 3. The van der Waals surface area contributed by atoms with Gasteiger partial charge in [-0.05, 0) is 12.5 Å². The van der Waals surface area contributed by atoms with Crippen LogP contribution >= 0.6 is 11.6 Å². The maximum atomic E-state index is 11.3. The minimum atomic E-state index is -0.712. The number of alkyl halides is 1. The molecule has 0 radical (unpaired) electrons. The molecule has 0 saturated carbocycles. The summed E-state index contributed by atoms with van der Waals surface area (Å²) in [5.41, 5.74) is 4.07. The molecule has 1 aromatic rings. The highest BCUT2D eigenvalue weighted by molar-refractivity contribution is 6.30. The maximum absolute atomic E-state index is 11.3. The predicted octanol–water partition coefficient (Wildman–Crippen LogP) is 1.95. The highest BCUT2D eigenvalue weighted by Gasteiger charge is 2.16. The summed E-state index contributed by atoms with van der Waals surface area (Å²) in [6.45, 7) is 1.97. The lowest BCUT2D eigenvalue weighted by Gasteiger charge is -2.09. The van der Waals surface area contributed by atoms with E-state index in [0.29, 0.717) is 0 Å². The normalized spacial score (nSPS) is 12.2. The standard InChI is InChI=1S/C10H12ClNO2/c1-7-3-5-8(6-4-7)9(11)10(13)12-14-2/h3-6,9H,1-2H3,(H,12,13). The van der Waals surface area contributed by atoms with Gasteiger partial charge in [-0.25, -0.2) is 5.48 Å². The van der Waals surface area contributed by atoms with Crippen molar-refractivity contribution >= 4 is 17.5 Å². The van der Waals surface area contributed by atoms with Crippen LogP contribution in [0.4, 0.5) is 0 Å². The van der Waals surface area contributed by atoms with Crippen molar-refractivity contribution in [2.75, 3.05) is 7.11 Å². The Morgan fingerprint density at radius 3 is 2.50 bits per heavy atom. The Morgan fingerprint density at radius 2 is 2.00 bits per heavy atom. The summed E-state index contributed by atoms with van der Waals surface area (Å²) < 4.78 is 0. The fraction of sp³-hybridized carbons (Fsp3) is 0.300. The highest BCUT2D eigenvalue weighted by Crippen LogP contribution is 2.20. The van der Waals surface area contributed by atoms with E-state index in [1.807, 2.05) is 31.2 Å². The van der Waals surface area contributed by atoms with Crippen molar-refractivity contribution in [2.45, 2.75) is 12.3 Å². The molecule has 0 aliphatic rings. The number of amides is 1. The number of carbonyl (C=O) groups is 1. The first kappa shape index (κ1) is 11.0. The van der Waals surface area contributed by atoms with Gasteiger partial charge in [0.05, 0.1) is 7.11 Å². The van der Waals surface area contributed by atoms with Crippen LogP contribution in [0, 0.1) is 6.92 Å². The predicted molar refractivity (Wildman–Crippen MR) is 54.9 cm³/mol. The summed E-state index contributed by atoms with van der Waals surface area (Å²) in [7, 11) is 1.37. The van der Waals surface area contributed by atoms with Gasteiger partial charge in [-0.2, -0.15) is 0 Å². The molecule has 1 amide bonds. The van der Waals surface area contributed by atoms with Crippen LogP contribution in [-0.2, 0) is 9.63 Å². The van der Waals surface area contributed by atoms with Crippen molar-refractivity contribution in [3.8, 4) is 0 Å². The minimum absolute atomic E-state index is 0.363. The van der Waals surface area contributed by atoms with Crippen molar-refractivity contribution in [3.63, 3.8) is 0 Å². The first-order chi connectivity index (χ1) is 6.65. The lowest BCUT2D eigenvalue weighted by Crippen LogP contribution is -2.25. The molecule has 3 nitrogen and oxygen atoms in total. The van der Waals surface area contributed by atoms with E-state index in [9.17, 15) is 4.79 Å². The molecule has 1 rings (SSSR count). The third-order valence-electron chi connectivity index (χ3n) is 1.80. The summed E-state index contributed by atoms with van der Waals surface area (Å²) in [5, 5.41) is -0.712. The van der Waals surface area contributed by atoms with Crippen LogP contribution < -0.4 is 5.48 Å². The van der Waals surface area contributed by atoms with Crippen molar-refractivity contribution in [3.05, 3.63) is 35.4 Å². The zero-order valence-corrected chi connectivity index (χ0v) is 8.84. The molecule has 0 spiro atoms. The molecule has 1 atom stereocenters. The van der Waals surface area contributed by atoms with Gasteiger partial charge in [0.25, 0.3) is 5.91 Å². The number of hydroxylamine groups is 1. The van der Waals surface area contributed by atoms with E-state index >= 15 is 0 Å². The zero-order valence-electron chi connectivity index (χ0n) is 8.08. The van der Waals surface area contributed by atoms with Gasteiger partial charge < -0.3 is 0 Å². The van der Waals surface area contributed by atoms with E-state index < -0.39 is 5.38 Å². The van der Waals surface area contributed by atoms with Gasteiger partial charge in [0, 0.05) is 0 Å². The molecule has 0 heterocycles. The molecule has 14 heavy (non-hydrogen) atoms. The molecule has 4 heteroatoms. The number of carbonyl (C=O) groups excluding carboxylic acids is 1. The lowest BCUT2D eigenvalue weighted by atomic mass is 10.1. The molecule has 0 saturated heterocycles. The molecule has 0 aliphatic carbocycles.